The van der Waals surface area contributed by atoms with Crippen LogP contribution in [0.4, 0.5) is 8.78 Å². The van der Waals surface area contributed by atoms with E-state index >= 15 is 0 Å². The molecule has 100 valence electrons. The van der Waals surface area contributed by atoms with Gasteiger partial charge in [-0.2, -0.15) is 8.78 Å². The standard InChI is InChI=1S/C12H14F2N2O.ClH/c13-12(14,9-4-2-1-3-5-9)11(17)16-10-6-7-15-8-10;/h1-5,10,15H,6-8H2,(H,16,17);1H. The van der Waals surface area contributed by atoms with Gasteiger partial charge < -0.3 is 10.6 Å². The number of nitrogens with one attached hydrogen (secondary N) is 2. The molecule has 3 nitrogen and oxygen atoms in total. The second-order valence-electron chi connectivity index (χ2n) is 4.10. The topological polar surface area (TPSA) is 41.1 Å². The molecule has 0 aliphatic carbocycles. The van der Waals surface area contributed by atoms with E-state index in [1.807, 2.05) is 0 Å². The van der Waals surface area contributed by atoms with Crippen molar-refractivity contribution >= 4 is 18.3 Å². The van der Waals surface area contributed by atoms with Crippen LogP contribution in [-0.2, 0) is 10.7 Å². The zero-order valence-electron chi connectivity index (χ0n) is 9.66. The maximum atomic E-state index is 13.8. The van der Waals surface area contributed by atoms with Crippen LogP contribution < -0.4 is 10.6 Å². The minimum Gasteiger partial charge on any atom is -0.346 e. The molecule has 2 N–H and O–H groups in total. The number of hydrogen-bond donors (Lipinski definition) is 2. The Morgan fingerprint density at radius 2 is 2.00 bits per heavy atom. The van der Waals surface area contributed by atoms with Crippen LogP contribution in [0.15, 0.2) is 30.3 Å². The van der Waals surface area contributed by atoms with Gasteiger partial charge in [0.05, 0.1) is 0 Å². The second kappa shape index (κ2) is 6.11. The average molecular weight is 277 g/mol. The molecule has 1 aromatic carbocycles. The number of amides is 1. The highest BCUT2D eigenvalue weighted by atomic mass is 35.5. The first-order valence-corrected chi connectivity index (χ1v) is 5.56. The summed E-state index contributed by atoms with van der Waals surface area (Å²) in [4.78, 5) is 11.5. The predicted octanol–water partition coefficient (Wildman–Crippen LogP) is 1.68. The van der Waals surface area contributed by atoms with E-state index in [1.165, 1.54) is 24.3 Å². The molecular weight excluding hydrogens is 262 g/mol. The summed E-state index contributed by atoms with van der Waals surface area (Å²) in [6, 6.07) is 6.94. The second-order valence-corrected chi connectivity index (χ2v) is 4.10. The summed E-state index contributed by atoms with van der Waals surface area (Å²) in [5, 5.41) is 5.38. The van der Waals surface area contributed by atoms with E-state index in [1.54, 1.807) is 6.07 Å². The molecule has 0 spiro atoms. The maximum Gasteiger partial charge on any atom is 0.349 e. The molecule has 0 bridgehead atoms. The first kappa shape index (κ1) is 14.9. The number of benzene rings is 1. The van der Waals surface area contributed by atoms with Crippen molar-refractivity contribution in [2.75, 3.05) is 13.1 Å². The van der Waals surface area contributed by atoms with Crippen LogP contribution in [0.3, 0.4) is 0 Å². The fourth-order valence-corrected chi connectivity index (χ4v) is 1.83. The molecule has 0 radical (unpaired) electrons. The number of alkyl halides is 2. The summed E-state index contributed by atoms with van der Waals surface area (Å²) in [7, 11) is 0. The molecule has 0 aromatic heterocycles. The minimum absolute atomic E-state index is 0. The molecule has 2 rings (SSSR count). The monoisotopic (exact) mass is 276 g/mol. The Morgan fingerprint density at radius 1 is 1.33 bits per heavy atom. The van der Waals surface area contributed by atoms with Crippen LogP contribution in [0.1, 0.15) is 12.0 Å². The van der Waals surface area contributed by atoms with Crippen LogP contribution in [0, 0.1) is 0 Å². The Hall–Kier alpha value is -1.20. The van der Waals surface area contributed by atoms with Gasteiger partial charge in [0, 0.05) is 18.2 Å². The Balaban J connectivity index is 0.00000162. The van der Waals surface area contributed by atoms with Crippen molar-refractivity contribution in [3.63, 3.8) is 0 Å². The van der Waals surface area contributed by atoms with Crippen molar-refractivity contribution in [2.24, 2.45) is 0 Å². The van der Waals surface area contributed by atoms with Crippen LogP contribution in [0.5, 0.6) is 0 Å². The Labute approximate surface area is 110 Å². The molecule has 1 unspecified atom stereocenters. The molecule has 1 aliphatic rings. The highest BCUT2D eigenvalue weighted by molar-refractivity contribution is 5.85. The third-order valence-corrected chi connectivity index (χ3v) is 2.82. The molecule has 1 aliphatic heterocycles. The van der Waals surface area contributed by atoms with E-state index in [0.717, 1.165) is 6.54 Å². The van der Waals surface area contributed by atoms with Gasteiger partial charge in [-0.3, -0.25) is 4.79 Å². The van der Waals surface area contributed by atoms with Gasteiger partial charge in [0.2, 0.25) is 0 Å². The predicted molar refractivity (Wildman–Crippen MR) is 67.0 cm³/mol. The summed E-state index contributed by atoms with van der Waals surface area (Å²) in [6.45, 7) is 1.30. The zero-order chi connectivity index (χ0) is 12.3. The van der Waals surface area contributed by atoms with Crippen LogP contribution >= 0.6 is 12.4 Å². The van der Waals surface area contributed by atoms with E-state index < -0.39 is 11.8 Å². The van der Waals surface area contributed by atoms with Crippen molar-refractivity contribution in [2.45, 2.75) is 18.4 Å². The van der Waals surface area contributed by atoms with Crippen molar-refractivity contribution in [1.82, 2.24) is 10.6 Å². The minimum atomic E-state index is -3.47. The first-order chi connectivity index (χ1) is 8.10. The van der Waals surface area contributed by atoms with Crippen molar-refractivity contribution in [3.8, 4) is 0 Å². The smallest absolute Gasteiger partial charge is 0.346 e. The van der Waals surface area contributed by atoms with Gasteiger partial charge in [0.25, 0.3) is 5.91 Å². The number of carbonyl (C=O) groups is 1. The summed E-state index contributed by atoms with van der Waals surface area (Å²) in [6.07, 6.45) is 0.691. The molecule has 18 heavy (non-hydrogen) atoms. The summed E-state index contributed by atoms with van der Waals surface area (Å²) in [5.41, 5.74) is -0.275. The molecule has 1 amide bonds. The lowest BCUT2D eigenvalue weighted by Crippen LogP contribution is -2.44. The van der Waals surface area contributed by atoms with Gasteiger partial charge >= 0.3 is 5.92 Å². The third-order valence-electron chi connectivity index (χ3n) is 2.82. The number of halogens is 3. The summed E-state index contributed by atoms with van der Waals surface area (Å²) in [5.74, 6) is -4.69. The lowest BCUT2D eigenvalue weighted by molar-refractivity contribution is -0.147. The summed E-state index contributed by atoms with van der Waals surface area (Å²) >= 11 is 0. The Kier molecular flexibility index (Phi) is 5.04. The van der Waals surface area contributed by atoms with Gasteiger partial charge in [-0.05, 0) is 13.0 Å². The van der Waals surface area contributed by atoms with E-state index in [4.69, 9.17) is 0 Å². The van der Waals surface area contributed by atoms with Crippen LogP contribution in [-0.4, -0.2) is 25.0 Å². The van der Waals surface area contributed by atoms with Gasteiger partial charge in [-0.1, -0.05) is 30.3 Å². The van der Waals surface area contributed by atoms with Crippen LogP contribution in [0.25, 0.3) is 0 Å². The Bertz CT molecular complexity index is 394. The molecule has 0 saturated carbocycles. The van der Waals surface area contributed by atoms with Gasteiger partial charge in [-0.25, -0.2) is 0 Å². The van der Waals surface area contributed by atoms with E-state index in [0.29, 0.717) is 13.0 Å². The Morgan fingerprint density at radius 3 is 2.56 bits per heavy atom. The lowest BCUT2D eigenvalue weighted by Gasteiger charge is -2.19. The quantitative estimate of drug-likeness (QED) is 0.882. The summed E-state index contributed by atoms with van der Waals surface area (Å²) < 4.78 is 27.5. The van der Waals surface area contributed by atoms with Gasteiger partial charge in [0.1, 0.15) is 0 Å². The molecule has 1 atom stereocenters. The lowest BCUT2D eigenvalue weighted by atomic mass is 10.1. The normalized spacial score (nSPS) is 19.1. The van der Waals surface area contributed by atoms with Crippen molar-refractivity contribution < 1.29 is 13.6 Å². The van der Waals surface area contributed by atoms with E-state index in [9.17, 15) is 13.6 Å². The average Bonchev–Trinajstić information content (AvgIpc) is 2.83. The zero-order valence-corrected chi connectivity index (χ0v) is 10.5. The molecule has 1 heterocycles. The van der Waals surface area contributed by atoms with Gasteiger partial charge in [-0.15, -0.1) is 12.4 Å². The maximum absolute atomic E-state index is 13.8. The molecular formula is C12H15ClF2N2O. The third kappa shape index (κ3) is 3.17. The highest BCUT2D eigenvalue weighted by Crippen LogP contribution is 2.28. The molecule has 1 aromatic rings. The number of carbonyl (C=O) groups excluding carboxylic acids is 1. The van der Waals surface area contributed by atoms with E-state index in [-0.39, 0.29) is 24.0 Å². The largest absolute Gasteiger partial charge is 0.349 e. The SMILES string of the molecule is Cl.O=C(NC1CCNC1)C(F)(F)c1ccccc1. The van der Waals surface area contributed by atoms with Crippen LogP contribution in [0.2, 0.25) is 0 Å². The number of rotatable bonds is 3. The first-order valence-electron chi connectivity index (χ1n) is 5.56. The molecule has 6 heteroatoms. The fourth-order valence-electron chi connectivity index (χ4n) is 1.83. The van der Waals surface area contributed by atoms with Gasteiger partial charge in [0.15, 0.2) is 0 Å². The molecule has 1 fully saturated rings. The van der Waals surface area contributed by atoms with Crippen molar-refractivity contribution in [3.05, 3.63) is 35.9 Å². The van der Waals surface area contributed by atoms with Crippen molar-refractivity contribution in [1.29, 1.82) is 0 Å². The van der Waals surface area contributed by atoms with E-state index in [2.05, 4.69) is 10.6 Å². The highest BCUT2D eigenvalue weighted by Gasteiger charge is 2.41. The molecule has 1 saturated heterocycles. The fraction of sp³-hybridized carbons (Fsp3) is 0.417. The number of hydrogen-bond acceptors (Lipinski definition) is 2.